The number of hydrogen-bond donors (Lipinski definition) is 3. The average Bonchev–Trinajstić information content (AvgIpc) is 3.23. The van der Waals surface area contributed by atoms with E-state index >= 15 is 0 Å². The van der Waals surface area contributed by atoms with Gasteiger partial charge in [0.05, 0.1) is 25.2 Å². The Morgan fingerprint density at radius 3 is 1.37 bits per heavy atom. The molecule has 3 unspecified atom stereocenters. The van der Waals surface area contributed by atoms with Gasteiger partial charge in [-0.05, 0) is 44.9 Å². The molecule has 0 aliphatic rings. The third-order valence-corrected chi connectivity index (χ3v) is 11.5. The summed E-state index contributed by atoms with van der Waals surface area (Å²) in [6.07, 6.45) is 56.0. The average molecular weight is 828 g/mol. The Labute approximate surface area is 366 Å². The molecule has 344 valence electrons. The number of aliphatic hydroxyl groups is 2. The lowest BCUT2D eigenvalue weighted by Crippen LogP contribution is -2.46. The fourth-order valence-electron chi connectivity index (χ4n) is 7.68. The maximum absolute atomic E-state index is 13.2. The SMILES string of the molecule is CC/C=C/C=C/C=C\C=C/CCCCCC(=O)OC(CCCCCCCCCCCCCCCCCC)CC(=O)NC(CO)C(O)CCCCCCCCCCCCC. The van der Waals surface area contributed by atoms with Crippen molar-refractivity contribution in [2.45, 2.75) is 270 Å². The number of rotatable bonds is 45. The number of nitrogens with one attached hydrogen (secondary N) is 1. The molecule has 59 heavy (non-hydrogen) atoms. The van der Waals surface area contributed by atoms with Crippen LogP contribution in [-0.2, 0) is 14.3 Å². The lowest BCUT2D eigenvalue weighted by molar-refractivity contribution is -0.151. The van der Waals surface area contributed by atoms with Crippen molar-refractivity contribution >= 4 is 11.9 Å². The van der Waals surface area contributed by atoms with Gasteiger partial charge in [0, 0.05) is 6.42 Å². The van der Waals surface area contributed by atoms with E-state index < -0.39 is 18.2 Å². The van der Waals surface area contributed by atoms with E-state index in [9.17, 15) is 19.8 Å². The van der Waals surface area contributed by atoms with Gasteiger partial charge in [-0.3, -0.25) is 9.59 Å². The van der Waals surface area contributed by atoms with Gasteiger partial charge in [-0.15, -0.1) is 0 Å². The fraction of sp³-hybridized carbons (Fsp3) is 0.811. The van der Waals surface area contributed by atoms with Gasteiger partial charge in [0.15, 0.2) is 0 Å². The Morgan fingerprint density at radius 2 is 0.915 bits per heavy atom. The van der Waals surface area contributed by atoms with Crippen molar-refractivity contribution in [2.24, 2.45) is 0 Å². The minimum Gasteiger partial charge on any atom is -0.462 e. The number of aliphatic hydroxyl groups excluding tert-OH is 2. The highest BCUT2D eigenvalue weighted by Gasteiger charge is 2.24. The third kappa shape index (κ3) is 42.3. The van der Waals surface area contributed by atoms with Crippen LogP contribution in [-0.4, -0.2) is 46.9 Å². The maximum Gasteiger partial charge on any atom is 0.306 e. The van der Waals surface area contributed by atoms with Crippen LogP contribution >= 0.6 is 0 Å². The molecule has 3 N–H and O–H groups in total. The number of ether oxygens (including phenoxy) is 1. The van der Waals surface area contributed by atoms with Crippen LogP contribution in [0.3, 0.4) is 0 Å². The summed E-state index contributed by atoms with van der Waals surface area (Å²) in [4.78, 5) is 26.1. The highest BCUT2D eigenvalue weighted by molar-refractivity contribution is 5.77. The van der Waals surface area contributed by atoms with Crippen LogP contribution in [0.2, 0.25) is 0 Å². The molecule has 0 rings (SSSR count). The second kappa shape index (κ2) is 46.9. The van der Waals surface area contributed by atoms with Crippen LogP contribution in [0.15, 0.2) is 48.6 Å². The minimum atomic E-state index is -0.792. The molecule has 1 amide bonds. The van der Waals surface area contributed by atoms with Gasteiger partial charge in [0.25, 0.3) is 0 Å². The zero-order valence-electron chi connectivity index (χ0n) is 39.1. The van der Waals surface area contributed by atoms with Gasteiger partial charge in [0.2, 0.25) is 5.91 Å². The van der Waals surface area contributed by atoms with Crippen molar-refractivity contribution < 1.29 is 24.5 Å². The Balaban J connectivity index is 4.62. The molecule has 0 spiro atoms. The van der Waals surface area contributed by atoms with Crippen molar-refractivity contribution in [1.29, 1.82) is 0 Å². The highest BCUT2D eigenvalue weighted by Crippen LogP contribution is 2.18. The predicted molar refractivity (Wildman–Crippen MR) is 255 cm³/mol. The number of carbonyl (C=O) groups is 2. The molecular weight excluding hydrogens is 731 g/mol. The summed E-state index contributed by atoms with van der Waals surface area (Å²) >= 11 is 0. The van der Waals surface area contributed by atoms with E-state index in [1.54, 1.807) is 0 Å². The number of allylic oxidation sites excluding steroid dienone is 8. The van der Waals surface area contributed by atoms with Gasteiger partial charge >= 0.3 is 5.97 Å². The first-order valence-corrected chi connectivity index (χ1v) is 25.4. The second-order valence-corrected chi connectivity index (χ2v) is 17.3. The predicted octanol–water partition coefficient (Wildman–Crippen LogP) is 15.1. The molecule has 0 saturated heterocycles. The van der Waals surface area contributed by atoms with Crippen LogP contribution < -0.4 is 5.32 Å². The van der Waals surface area contributed by atoms with Crippen molar-refractivity contribution in [3.63, 3.8) is 0 Å². The summed E-state index contributed by atoms with van der Waals surface area (Å²) in [7, 11) is 0. The maximum atomic E-state index is 13.2. The molecule has 0 radical (unpaired) electrons. The molecule has 0 aliphatic carbocycles. The second-order valence-electron chi connectivity index (χ2n) is 17.3. The van der Waals surface area contributed by atoms with Crippen LogP contribution in [0.5, 0.6) is 0 Å². The lowest BCUT2D eigenvalue weighted by Gasteiger charge is -2.24. The first kappa shape index (κ1) is 56.8. The van der Waals surface area contributed by atoms with E-state index in [0.717, 1.165) is 64.2 Å². The summed E-state index contributed by atoms with van der Waals surface area (Å²) in [6.45, 7) is 6.34. The number of esters is 1. The standard InChI is InChI=1S/C53H97NO5/c1-4-7-10-13-16-19-22-24-25-26-28-30-32-35-38-41-44-49(59-53(58)46-43-40-37-34-31-27-23-20-17-14-11-8-5-2)47-52(57)54-50(48-55)51(56)45-42-39-36-33-29-21-18-15-12-9-6-3/h8,11,14,17,20,23,27,31,49-51,55-56H,4-7,9-10,12-13,15-16,18-19,21-22,24-26,28-30,32-48H2,1-3H3,(H,54,57)/b11-8+,17-14+,23-20-,31-27-. The van der Waals surface area contributed by atoms with Gasteiger partial charge in [-0.25, -0.2) is 0 Å². The van der Waals surface area contributed by atoms with Gasteiger partial charge in [-0.1, -0.05) is 243 Å². The molecular formula is C53H97NO5. The number of amides is 1. The highest BCUT2D eigenvalue weighted by atomic mass is 16.5. The Kier molecular flexibility index (Phi) is 45.1. The Bertz CT molecular complexity index is 1020. The summed E-state index contributed by atoms with van der Waals surface area (Å²) in [5.41, 5.74) is 0. The lowest BCUT2D eigenvalue weighted by atomic mass is 10.0. The molecule has 0 saturated carbocycles. The molecule has 0 aromatic heterocycles. The fourth-order valence-corrected chi connectivity index (χ4v) is 7.68. The zero-order chi connectivity index (χ0) is 43.1. The molecule has 0 bridgehead atoms. The van der Waals surface area contributed by atoms with Gasteiger partial charge in [-0.2, -0.15) is 0 Å². The number of hydrogen-bond acceptors (Lipinski definition) is 5. The van der Waals surface area contributed by atoms with E-state index in [2.05, 4.69) is 50.4 Å². The smallest absolute Gasteiger partial charge is 0.306 e. The molecule has 0 fully saturated rings. The minimum absolute atomic E-state index is 0.0640. The molecule has 0 heterocycles. The molecule has 3 atom stereocenters. The molecule has 0 aromatic rings. The van der Waals surface area contributed by atoms with E-state index in [1.165, 1.54) is 141 Å². The summed E-state index contributed by atoms with van der Waals surface area (Å²) in [5, 5.41) is 23.7. The monoisotopic (exact) mass is 828 g/mol. The van der Waals surface area contributed by atoms with Crippen LogP contribution in [0.1, 0.15) is 252 Å². The van der Waals surface area contributed by atoms with Crippen molar-refractivity contribution in [3.8, 4) is 0 Å². The first-order chi connectivity index (χ1) is 29.0. The van der Waals surface area contributed by atoms with E-state index in [4.69, 9.17) is 4.74 Å². The molecule has 6 nitrogen and oxygen atoms in total. The van der Waals surface area contributed by atoms with Gasteiger partial charge in [0.1, 0.15) is 6.10 Å². The Hall–Kier alpha value is -2.18. The largest absolute Gasteiger partial charge is 0.462 e. The van der Waals surface area contributed by atoms with Crippen LogP contribution in [0, 0.1) is 0 Å². The van der Waals surface area contributed by atoms with Crippen LogP contribution in [0.25, 0.3) is 0 Å². The Morgan fingerprint density at radius 1 is 0.508 bits per heavy atom. The van der Waals surface area contributed by atoms with Crippen molar-refractivity contribution in [2.75, 3.05) is 6.61 Å². The number of carbonyl (C=O) groups excluding carboxylic acids is 2. The van der Waals surface area contributed by atoms with Crippen LogP contribution in [0.4, 0.5) is 0 Å². The first-order valence-electron chi connectivity index (χ1n) is 25.4. The van der Waals surface area contributed by atoms with Gasteiger partial charge < -0.3 is 20.3 Å². The van der Waals surface area contributed by atoms with E-state index in [1.807, 2.05) is 24.3 Å². The normalized spacial score (nSPS) is 13.6. The van der Waals surface area contributed by atoms with E-state index in [-0.39, 0.29) is 24.9 Å². The summed E-state index contributed by atoms with van der Waals surface area (Å²) in [6, 6.07) is -0.707. The third-order valence-electron chi connectivity index (χ3n) is 11.5. The molecule has 0 aromatic carbocycles. The topological polar surface area (TPSA) is 95.9 Å². The zero-order valence-corrected chi connectivity index (χ0v) is 39.1. The molecule has 0 aliphatic heterocycles. The van der Waals surface area contributed by atoms with Crippen molar-refractivity contribution in [1.82, 2.24) is 5.32 Å². The summed E-state index contributed by atoms with van der Waals surface area (Å²) < 4.78 is 5.91. The van der Waals surface area contributed by atoms with E-state index in [0.29, 0.717) is 19.3 Å². The molecule has 6 heteroatoms. The summed E-state index contributed by atoms with van der Waals surface area (Å²) in [5.74, 6) is -0.512. The number of unbranched alkanes of at least 4 members (excludes halogenated alkanes) is 28. The quantitative estimate of drug-likeness (QED) is 0.0323. The van der Waals surface area contributed by atoms with Crippen molar-refractivity contribution in [3.05, 3.63) is 48.6 Å².